The second-order valence-corrected chi connectivity index (χ2v) is 6.52. The number of benzene rings is 1. The summed E-state index contributed by atoms with van der Waals surface area (Å²) in [5.41, 5.74) is 1.25. The molecule has 2 unspecified atom stereocenters. The van der Waals surface area contributed by atoms with E-state index in [0.29, 0.717) is 0 Å². The number of ether oxygens (including phenoxy) is 1. The van der Waals surface area contributed by atoms with Crippen LogP contribution in [0.5, 0.6) is 5.75 Å². The SMILES string of the molecule is COc1ccccc1N1CCN(C2CCCCC2C)CC1. The maximum absolute atomic E-state index is 5.50. The van der Waals surface area contributed by atoms with Gasteiger partial charge in [-0.25, -0.2) is 0 Å². The van der Waals surface area contributed by atoms with E-state index < -0.39 is 0 Å². The van der Waals surface area contributed by atoms with Crippen molar-refractivity contribution in [3.05, 3.63) is 24.3 Å². The summed E-state index contributed by atoms with van der Waals surface area (Å²) in [6.45, 7) is 7.05. The number of nitrogens with zero attached hydrogens (tertiary/aromatic N) is 2. The average molecular weight is 288 g/mol. The highest BCUT2D eigenvalue weighted by molar-refractivity contribution is 5.58. The van der Waals surface area contributed by atoms with Gasteiger partial charge in [0, 0.05) is 32.2 Å². The fourth-order valence-corrected chi connectivity index (χ4v) is 4.02. The third-order valence-corrected chi connectivity index (χ3v) is 5.28. The van der Waals surface area contributed by atoms with Gasteiger partial charge in [0.05, 0.1) is 12.8 Å². The van der Waals surface area contributed by atoms with Crippen LogP contribution < -0.4 is 9.64 Å². The molecular formula is C18H28N2O. The van der Waals surface area contributed by atoms with E-state index in [0.717, 1.165) is 30.8 Å². The molecule has 0 radical (unpaired) electrons. The lowest BCUT2D eigenvalue weighted by Gasteiger charge is -2.44. The van der Waals surface area contributed by atoms with Gasteiger partial charge in [-0.1, -0.05) is 31.9 Å². The van der Waals surface area contributed by atoms with Crippen molar-refractivity contribution < 1.29 is 4.74 Å². The number of hydrogen-bond acceptors (Lipinski definition) is 3. The molecule has 1 aromatic carbocycles. The fraction of sp³-hybridized carbons (Fsp3) is 0.667. The summed E-state index contributed by atoms with van der Waals surface area (Å²) in [6, 6.07) is 9.21. The maximum Gasteiger partial charge on any atom is 0.142 e. The quantitative estimate of drug-likeness (QED) is 0.848. The first-order chi connectivity index (χ1) is 10.3. The van der Waals surface area contributed by atoms with Gasteiger partial charge in [-0.3, -0.25) is 4.90 Å². The van der Waals surface area contributed by atoms with E-state index in [1.54, 1.807) is 7.11 Å². The van der Waals surface area contributed by atoms with Crippen molar-refractivity contribution in [3.63, 3.8) is 0 Å². The van der Waals surface area contributed by atoms with E-state index in [2.05, 4.69) is 34.9 Å². The number of para-hydroxylation sites is 2. The fourth-order valence-electron chi connectivity index (χ4n) is 4.02. The minimum Gasteiger partial charge on any atom is -0.495 e. The topological polar surface area (TPSA) is 15.7 Å². The molecule has 116 valence electrons. The van der Waals surface area contributed by atoms with Crippen molar-refractivity contribution in [1.82, 2.24) is 4.90 Å². The lowest BCUT2D eigenvalue weighted by molar-refractivity contribution is 0.105. The third-order valence-electron chi connectivity index (χ3n) is 5.28. The number of rotatable bonds is 3. The van der Waals surface area contributed by atoms with Gasteiger partial charge in [-0.05, 0) is 30.9 Å². The predicted octanol–water partition coefficient (Wildman–Crippen LogP) is 3.40. The average Bonchev–Trinajstić information content (AvgIpc) is 2.55. The molecule has 0 aromatic heterocycles. The highest BCUT2D eigenvalue weighted by atomic mass is 16.5. The molecule has 0 N–H and O–H groups in total. The molecule has 3 heteroatoms. The monoisotopic (exact) mass is 288 g/mol. The molecule has 1 saturated carbocycles. The van der Waals surface area contributed by atoms with Crippen LogP contribution in [0.3, 0.4) is 0 Å². The van der Waals surface area contributed by atoms with Crippen molar-refractivity contribution in [2.45, 2.75) is 38.6 Å². The van der Waals surface area contributed by atoms with Gasteiger partial charge in [-0.15, -0.1) is 0 Å². The van der Waals surface area contributed by atoms with E-state index in [1.807, 2.05) is 6.07 Å². The largest absolute Gasteiger partial charge is 0.495 e. The summed E-state index contributed by atoms with van der Waals surface area (Å²) in [5, 5.41) is 0. The minimum absolute atomic E-state index is 0.818. The second-order valence-electron chi connectivity index (χ2n) is 6.52. The van der Waals surface area contributed by atoms with Crippen LogP contribution in [0.4, 0.5) is 5.69 Å². The summed E-state index contributed by atoms with van der Waals surface area (Å²) in [6.07, 6.45) is 5.66. The zero-order valence-electron chi connectivity index (χ0n) is 13.4. The highest BCUT2D eigenvalue weighted by Crippen LogP contribution is 2.31. The lowest BCUT2D eigenvalue weighted by atomic mass is 9.84. The first kappa shape index (κ1) is 14.7. The van der Waals surface area contributed by atoms with E-state index in [4.69, 9.17) is 4.74 Å². The molecule has 21 heavy (non-hydrogen) atoms. The van der Waals surface area contributed by atoms with E-state index >= 15 is 0 Å². The smallest absolute Gasteiger partial charge is 0.142 e. The Hall–Kier alpha value is -1.22. The molecule has 2 atom stereocenters. The van der Waals surface area contributed by atoms with Gasteiger partial charge < -0.3 is 9.64 Å². The van der Waals surface area contributed by atoms with Crippen molar-refractivity contribution >= 4 is 5.69 Å². The Morgan fingerprint density at radius 1 is 1.00 bits per heavy atom. The van der Waals surface area contributed by atoms with Crippen LogP contribution in [0.25, 0.3) is 0 Å². The van der Waals surface area contributed by atoms with Crippen LogP contribution in [0, 0.1) is 5.92 Å². The first-order valence-corrected chi connectivity index (χ1v) is 8.41. The summed E-state index contributed by atoms with van der Waals surface area (Å²) >= 11 is 0. The van der Waals surface area contributed by atoms with Crippen molar-refractivity contribution in [3.8, 4) is 5.75 Å². The van der Waals surface area contributed by atoms with E-state index in [-0.39, 0.29) is 0 Å². The molecule has 0 spiro atoms. The van der Waals surface area contributed by atoms with Crippen LogP contribution >= 0.6 is 0 Å². The van der Waals surface area contributed by atoms with Crippen molar-refractivity contribution in [1.29, 1.82) is 0 Å². The number of hydrogen-bond donors (Lipinski definition) is 0. The molecule has 0 amide bonds. The van der Waals surface area contributed by atoms with Crippen LogP contribution in [0.15, 0.2) is 24.3 Å². The number of methoxy groups -OCH3 is 1. The van der Waals surface area contributed by atoms with Crippen LogP contribution in [0.2, 0.25) is 0 Å². The summed E-state index contributed by atoms with van der Waals surface area (Å²) in [4.78, 5) is 5.21. The Balaban J connectivity index is 1.62. The number of anilines is 1. The summed E-state index contributed by atoms with van der Waals surface area (Å²) < 4.78 is 5.50. The Bertz CT molecular complexity index is 454. The van der Waals surface area contributed by atoms with Crippen LogP contribution in [-0.2, 0) is 0 Å². The molecule has 1 heterocycles. The van der Waals surface area contributed by atoms with Gasteiger partial charge in [0.15, 0.2) is 0 Å². The molecule has 0 bridgehead atoms. The Labute approximate surface area is 128 Å². The third kappa shape index (κ3) is 3.18. The molecule has 2 aliphatic rings. The van der Waals surface area contributed by atoms with Crippen LogP contribution in [0.1, 0.15) is 32.6 Å². The number of piperazine rings is 1. The van der Waals surface area contributed by atoms with Crippen LogP contribution in [-0.4, -0.2) is 44.2 Å². The zero-order chi connectivity index (χ0) is 14.7. The molecule has 1 aromatic rings. The van der Waals surface area contributed by atoms with E-state index in [9.17, 15) is 0 Å². The molecular weight excluding hydrogens is 260 g/mol. The van der Waals surface area contributed by atoms with Crippen molar-refractivity contribution in [2.24, 2.45) is 5.92 Å². The lowest BCUT2D eigenvalue weighted by Crippen LogP contribution is -2.52. The zero-order valence-corrected chi connectivity index (χ0v) is 13.4. The summed E-state index contributed by atoms with van der Waals surface area (Å²) in [7, 11) is 1.76. The molecule has 2 fully saturated rings. The van der Waals surface area contributed by atoms with Gasteiger partial charge in [0.2, 0.25) is 0 Å². The van der Waals surface area contributed by atoms with E-state index in [1.165, 1.54) is 44.5 Å². The second kappa shape index (κ2) is 6.69. The highest BCUT2D eigenvalue weighted by Gasteiger charge is 2.30. The summed E-state index contributed by atoms with van der Waals surface area (Å²) in [5.74, 6) is 1.87. The molecule has 1 saturated heterocycles. The van der Waals surface area contributed by atoms with Gasteiger partial charge in [0.25, 0.3) is 0 Å². The standard InChI is InChI=1S/C18H28N2O/c1-15-7-3-4-8-16(15)19-11-13-20(14-12-19)17-9-5-6-10-18(17)21-2/h5-6,9-10,15-16H,3-4,7-8,11-14H2,1-2H3. The first-order valence-electron chi connectivity index (χ1n) is 8.41. The normalized spacial score (nSPS) is 27.6. The minimum atomic E-state index is 0.818. The molecule has 1 aliphatic heterocycles. The Morgan fingerprint density at radius 2 is 1.71 bits per heavy atom. The van der Waals surface area contributed by atoms with Gasteiger partial charge >= 0.3 is 0 Å². The molecule has 3 nitrogen and oxygen atoms in total. The van der Waals surface area contributed by atoms with Crippen molar-refractivity contribution in [2.75, 3.05) is 38.2 Å². The Kier molecular flexibility index (Phi) is 4.69. The van der Waals surface area contributed by atoms with Gasteiger partial charge in [0.1, 0.15) is 5.75 Å². The van der Waals surface area contributed by atoms with Gasteiger partial charge in [-0.2, -0.15) is 0 Å². The molecule has 1 aliphatic carbocycles. The maximum atomic E-state index is 5.50. The Morgan fingerprint density at radius 3 is 2.43 bits per heavy atom. The molecule has 3 rings (SSSR count). The predicted molar refractivity (Wildman–Crippen MR) is 88.2 cm³/mol.